The number of rotatable bonds is 4. The molecule has 2 saturated carbocycles. The molecule has 2 heterocycles. The Hall–Kier alpha value is -1.67. The summed E-state index contributed by atoms with van der Waals surface area (Å²) in [6, 6.07) is 2.43. The number of nitrogens with one attached hydrogen (secondary N) is 1. The van der Waals surface area contributed by atoms with Crippen LogP contribution in [0.2, 0.25) is 0 Å². The highest BCUT2D eigenvalue weighted by Gasteiger charge is 2.59. The van der Waals surface area contributed by atoms with Crippen LogP contribution < -0.4 is 5.32 Å². The summed E-state index contributed by atoms with van der Waals surface area (Å²) < 4.78 is 44.5. The molecular formula is C19H21F3N2O2S. The van der Waals surface area contributed by atoms with Gasteiger partial charge in [0.1, 0.15) is 10.5 Å². The molecule has 4 nitrogen and oxygen atoms in total. The number of aromatic nitrogens is 1. The SMILES string of the molecule is CCO[C@@H]1C[C@H](NC(=O)c2sc3nc(C(F)(F)F)ccc3c2C)C12CCC2. The molecule has 4 rings (SSSR count). The zero-order valence-corrected chi connectivity index (χ0v) is 16.0. The molecule has 2 aromatic rings. The molecule has 1 N–H and O–H groups in total. The molecule has 27 heavy (non-hydrogen) atoms. The van der Waals surface area contributed by atoms with Crippen LogP contribution in [0.15, 0.2) is 12.1 Å². The van der Waals surface area contributed by atoms with Crippen LogP contribution in [0.5, 0.6) is 0 Å². The fourth-order valence-electron chi connectivity index (χ4n) is 4.34. The predicted molar refractivity (Wildman–Crippen MR) is 96.9 cm³/mol. The molecule has 2 fully saturated rings. The number of pyridine rings is 1. The second-order valence-corrected chi connectivity index (χ2v) is 8.39. The smallest absolute Gasteiger partial charge is 0.378 e. The molecule has 0 unspecified atom stereocenters. The van der Waals surface area contributed by atoms with E-state index in [4.69, 9.17) is 4.74 Å². The summed E-state index contributed by atoms with van der Waals surface area (Å²) >= 11 is 1.02. The molecule has 2 aliphatic rings. The number of thiophene rings is 1. The van der Waals surface area contributed by atoms with E-state index in [2.05, 4.69) is 10.3 Å². The number of hydrogen-bond acceptors (Lipinski definition) is 4. The standard InChI is InChI=1S/C19H21F3N2O2S/c1-3-26-14-9-13(18(14)7-4-8-18)23-16(25)15-10(2)11-5-6-12(19(20,21)22)24-17(11)27-15/h5-6,13-14H,3-4,7-9H2,1-2H3,(H,23,25)/t13-,14+/m0/s1. The summed E-state index contributed by atoms with van der Waals surface area (Å²) in [6.45, 7) is 4.39. The zero-order valence-electron chi connectivity index (χ0n) is 15.2. The number of carbonyl (C=O) groups is 1. The minimum atomic E-state index is -4.49. The highest BCUT2D eigenvalue weighted by Crippen LogP contribution is 2.57. The zero-order chi connectivity index (χ0) is 19.4. The molecule has 146 valence electrons. The van der Waals surface area contributed by atoms with Crippen molar-refractivity contribution in [3.8, 4) is 0 Å². The van der Waals surface area contributed by atoms with Crippen molar-refractivity contribution in [3.05, 3.63) is 28.3 Å². The van der Waals surface area contributed by atoms with Crippen LogP contribution in [0, 0.1) is 12.3 Å². The molecule has 0 aliphatic heterocycles. The lowest BCUT2D eigenvalue weighted by Crippen LogP contribution is -2.67. The van der Waals surface area contributed by atoms with Gasteiger partial charge in [-0.15, -0.1) is 11.3 Å². The van der Waals surface area contributed by atoms with Crippen LogP contribution in [0.1, 0.15) is 53.5 Å². The Morgan fingerprint density at radius 1 is 1.41 bits per heavy atom. The van der Waals surface area contributed by atoms with E-state index >= 15 is 0 Å². The molecule has 0 radical (unpaired) electrons. The highest BCUT2D eigenvalue weighted by molar-refractivity contribution is 7.20. The fraction of sp³-hybridized carbons (Fsp3) is 0.579. The average molecular weight is 398 g/mol. The molecule has 2 aliphatic carbocycles. The monoisotopic (exact) mass is 398 g/mol. The molecule has 2 aromatic heterocycles. The molecule has 0 bridgehead atoms. The Kier molecular flexibility index (Phi) is 4.46. The number of ether oxygens (including phenoxy) is 1. The summed E-state index contributed by atoms with van der Waals surface area (Å²) in [5.41, 5.74) is -0.218. The van der Waals surface area contributed by atoms with E-state index in [9.17, 15) is 18.0 Å². The number of fused-ring (bicyclic) bond motifs is 1. The first-order chi connectivity index (χ1) is 12.8. The Bertz CT molecular complexity index is 889. The Morgan fingerprint density at radius 3 is 2.74 bits per heavy atom. The van der Waals surface area contributed by atoms with Gasteiger partial charge in [-0.25, -0.2) is 4.98 Å². The van der Waals surface area contributed by atoms with Crippen molar-refractivity contribution >= 4 is 27.5 Å². The van der Waals surface area contributed by atoms with E-state index in [1.54, 1.807) is 6.92 Å². The molecule has 8 heteroatoms. The number of nitrogens with zero attached hydrogens (tertiary/aromatic N) is 1. The Labute approximate surface area is 159 Å². The van der Waals surface area contributed by atoms with Gasteiger partial charge in [-0.1, -0.05) is 6.42 Å². The van der Waals surface area contributed by atoms with E-state index in [0.29, 0.717) is 22.4 Å². The van der Waals surface area contributed by atoms with E-state index in [1.807, 2.05) is 6.92 Å². The lowest BCUT2D eigenvalue weighted by Gasteiger charge is -2.60. The predicted octanol–water partition coefficient (Wildman–Crippen LogP) is 4.70. The van der Waals surface area contributed by atoms with Gasteiger partial charge in [-0.3, -0.25) is 4.79 Å². The van der Waals surface area contributed by atoms with Gasteiger partial charge in [-0.2, -0.15) is 13.2 Å². The maximum atomic E-state index is 12.9. The van der Waals surface area contributed by atoms with Gasteiger partial charge < -0.3 is 10.1 Å². The molecule has 2 atom stereocenters. The van der Waals surface area contributed by atoms with Crippen LogP contribution in [0.4, 0.5) is 13.2 Å². The Balaban J connectivity index is 1.56. The van der Waals surface area contributed by atoms with Crippen molar-refractivity contribution < 1.29 is 22.7 Å². The van der Waals surface area contributed by atoms with Crippen molar-refractivity contribution in [3.63, 3.8) is 0 Å². The number of carbonyl (C=O) groups excluding carboxylic acids is 1. The third-order valence-electron chi connectivity index (χ3n) is 6.04. The van der Waals surface area contributed by atoms with Gasteiger partial charge in [0.05, 0.1) is 11.0 Å². The van der Waals surface area contributed by atoms with E-state index in [1.165, 1.54) is 6.07 Å². The van der Waals surface area contributed by atoms with Crippen LogP contribution in [-0.2, 0) is 10.9 Å². The van der Waals surface area contributed by atoms with Crippen LogP contribution in [-0.4, -0.2) is 29.6 Å². The number of hydrogen-bond donors (Lipinski definition) is 1. The quantitative estimate of drug-likeness (QED) is 0.812. The number of alkyl halides is 3. The van der Waals surface area contributed by atoms with Crippen LogP contribution in [0.3, 0.4) is 0 Å². The van der Waals surface area contributed by atoms with E-state index in [-0.39, 0.29) is 28.3 Å². The Morgan fingerprint density at radius 2 is 2.15 bits per heavy atom. The van der Waals surface area contributed by atoms with Gasteiger partial charge in [0, 0.05) is 23.4 Å². The highest BCUT2D eigenvalue weighted by atomic mass is 32.1. The normalized spacial score (nSPS) is 23.9. The molecular weight excluding hydrogens is 377 g/mol. The second-order valence-electron chi connectivity index (χ2n) is 7.40. The van der Waals surface area contributed by atoms with Gasteiger partial charge in [0.2, 0.25) is 0 Å². The van der Waals surface area contributed by atoms with Gasteiger partial charge in [0.25, 0.3) is 5.91 Å². The second kappa shape index (κ2) is 6.44. The summed E-state index contributed by atoms with van der Waals surface area (Å²) in [4.78, 5) is 17.2. The van der Waals surface area contributed by atoms with Crippen molar-refractivity contribution in [2.75, 3.05) is 6.61 Å². The summed E-state index contributed by atoms with van der Waals surface area (Å²) in [6.07, 6.45) is -0.274. The molecule has 1 spiro atoms. The van der Waals surface area contributed by atoms with Crippen molar-refractivity contribution in [1.29, 1.82) is 0 Å². The third-order valence-corrected chi connectivity index (χ3v) is 7.24. The first-order valence-electron chi connectivity index (χ1n) is 9.16. The number of amides is 1. The topological polar surface area (TPSA) is 51.2 Å². The maximum Gasteiger partial charge on any atom is 0.433 e. The maximum absolute atomic E-state index is 12.9. The molecule has 0 aromatic carbocycles. The molecule has 1 amide bonds. The lowest BCUT2D eigenvalue weighted by atomic mass is 9.51. The van der Waals surface area contributed by atoms with Gasteiger partial charge in [-0.05, 0) is 50.8 Å². The van der Waals surface area contributed by atoms with Crippen molar-refractivity contribution in [2.45, 2.75) is 57.9 Å². The number of aryl methyl sites for hydroxylation is 1. The minimum Gasteiger partial charge on any atom is -0.378 e. The van der Waals surface area contributed by atoms with Crippen molar-refractivity contribution in [1.82, 2.24) is 10.3 Å². The summed E-state index contributed by atoms with van der Waals surface area (Å²) in [7, 11) is 0. The average Bonchev–Trinajstić information content (AvgIpc) is 2.88. The third kappa shape index (κ3) is 2.93. The first kappa shape index (κ1) is 18.7. The van der Waals surface area contributed by atoms with Crippen LogP contribution in [0.25, 0.3) is 10.2 Å². The summed E-state index contributed by atoms with van der Waals surface area (Å²) in [5, 5.41) is 3.70. The van der Waals surface area contributed by atoms with E-state index < -0.39 is 11.9 Å². The van der Waals surface area contributed by atoms with Gasteiger partial charge in [0.15, 0.2) is 0 Å². The first-order valence-corrected chi connectivity index (χ1v) is 9.97. The molecule has 0 saturated heterocycles. The van der Waals surface area contributed by atoms with Crippen LogP contribution >= 0.6 is 11.3 Å². The number of halogens is 3. The largest absolute Gasteiger partial charge is 0.433 e. The van der Waals surface area contributed by atoms with Crippen molar-refractivity contribution in [2.24, 2.45) is 5.41 Å². The van der Waals surface area contributed by atoms with E-state index in [0.717, 1.165) is 43.1 Å². The summed E-state index contributed by atoms with van der Waals surface area (Å²) in [5.74, 6) is -0.227. The van der Waals surface area contributed by atoms with Gasteiger partial charge >= 0.3 is 6.18 Å². The fourth-order valence-corrected chi connectivity index (χ4v) is 5.42. The minimum absolute atomic E-state index is 0.0396. The lowest BCUT2D eigenvalue weighted by molar-refractivity contribution is -0.169.